The van der Waals surface area contributed by atoms with Crippen LogP contribution >= 0.6 is 0 Å². The van der Waals surface area contributed by atoms with Crippen molar-refractivity contribution in [3.05, 3.63) is 65.3 Å². The maximum Gasteiger partial charge on any atom is 0.266 e. The number of hydrogen-bond acceptors (Lipinski definition) is 7. The first-order valence-electron chi connectivity index (χ1n) is 11.2. The van der Waals surface area contributed by atoms with Crippen molar-refractivity contribution in [1.29, 1.82) is 0 Å². The lowest BCUT2D eigenvalue weighted by molar-refractivity contribution is -0.125. The number of aryl methyl sites for hydroxylation is 1. The fourth-order valence-corrected chi connectivity index (χ4v) is 3.95. The lowest BCUT2D eigenvalue weighted by atomic mass is 9.96. The molecule has 0 bridgehead atoms. The average molecular weight is 449 g/mol. The van der Waals surface area contributed by atoms with Crippen LogP contribution in [0.4, 0.5) is 5.82 Å². The van der Waals surface area contributed by atoms with E-state index in [-0.39, 0.29) is 17.4 Å². The molecular weight excluding hydrogens is 420 g/mol. The van der Waals surface area contributed by atoms with Gasteiger partial charge in [-0.15, -0.1) is 0 Å². The number of hydrogen-bond donors (Lipinski definition) is 1. The molecule has 1 fully saturated rings. The molecule has 1 aliphatic heterocycles. The van der Waals surface area contributed by atoms with E-state index in [0.29, 0.717) is 19.5 Å². The van der Waals surface area contributed by atoms with E-state index in [0.717, 1.165) is 48.8 Å². The largest absolute Gasteiger partial charge is 0.497 e. The van der Waals surface area contributed by atoms with Gasteiger partial charge in [0.15, 0.2) is 0 Å². The lowest BCUT2D eigenvalue weighted by Crippen LogP contribution is -2.41. The first kappa shape index (κ1) is 22.4. The molecule has 1 saturated heterocycles. The Hall–Kier alpha value is -3.75. The van der Waals surface area contributed by atoms with E-state index in [9.17, 15) is 9.59 Å². The Bertz CT molecular complexity index is 1120. The SMILES string of the molecule is COc1ccc(-c2cc(N3CCC(C(=O)NCCCn4ncccc4=O)CC3)ncn2)cc1. The highest BCUT2D eigenvalue weighted by Gasteiger charge is 2.25. The molecule has 9 heteroatoms. The zero-order valence-electron chi connectivity index (χ0n) is 18.7. The maximum atomic E-state index is 12.6. The molecular formula is C24H28N6O3. The summed E-state index contributed by atoms with van der Waals surface area (Å²) < 4.78 is 6.63. The Balaban J connectivity index is 1.25. The molecule has 0 spiro atoms. The molecule has 9 nitrogen and oxygen atoms in total. The van der Waals surface area contributed by atoms with Gasteiger partial charge in [-0.3, -0.25) is 9.59 Å². The highest BCUT2D eigenvalue weighted by atomic mass is 16.5. The molecule has 0 unspecified atom stereocenters. The van der Waals surface area contributed by atoms with Crippen LogP contribution < -0.4 is 20.5 Å². The van der Waals surface area contributed by atoms with Crippen molar-refractivity contribution in [2.75, 3.05) is 31.6 Å². The topological polar surface area (TPSA) is 102 Å². The molecule has 3 aromatic rings. The number of amides is 1. The van der Waals surface area contributed by atoms with Gasteiger partial charge < -0.3 is 15.0 Å². The number of anilines is 1. The molecule has 0 atom stereocenters. The Labute approximate surface area is 192 Å². The van der Waals surface area contributed by atoms with Crippen LogP contribution in [0.5, 0.6) is 5.75 Å². The van der Waals surface area contributed by atoms with Gasteiger partial charge in [-0.2, -0.15) is 5.10 Å². The number of carbonyl (C=O) groups is 1. The number of nitrogens with zero attached hydrogens (tertiary/aromatic N) is 5. The summed E-state index contributed by atoms with van der Waals surface area (Å²) in [5, 5.41) is 7.03. The van der Waals surface area contributed by atoms with Gasteiger partial charge in [0.25, 0.3) is 5.56 Å². The van der Waals surface area contributed by atoms with Crippen LogP contribution in [0.25, 0.3) is 11.3 Å². The second kappa shape index (κ2) is 10.7. The van der Waals surface area contributed by atoms with Gasteiger partial charge in [-0.25, -0.2) is 14.6 Å². The van der Waals surface area contributed by atoms with Crippen LogP contribution in [-0.2, 0) is 11.3 Å². The average Bonchev–Trinajstić information content (AvgIpc) is 2.87. The fourth-order valence-electron chi connectivity index (χ4n) is 3.95. The van der Waals surface area contributed by atoms with Gasteiger partial charge >= 0.3 is 0 Å². The number of benzene rings is 1. The third kappa shape index (κ3) is 5.74. The summed E-state index contributed by atoms with van der Waals surface area (Å²) in [7, 11) is 1.65. The molecule has 0 saturated carbocycles. The maximum absolute atomic E-state index is 12.6. The second-order valence-corrected chi connectivity index (χ2v) is 7.98. The number of methoxy groups -OCH3 is 1. The molecule has 1 aromatic carbocycles. The van der Waals surface area contributed by atoms with Crippen LogP contribution in [0.3, 0.4) is 0 Å². The van der Waals surface area contributed by atoms with Gasteiger partial charge in [0, 0.05) is 56.0 Å². The molecule has 1 aliphatic rings. The summed E-state index contributed by atoms with van der Waals surface area (Å²) in [6.45, 7) is 2.54. The predicted octanol–water partition coefficient (Wildman–Crippen LogP) is 2.13. The lowest BCUT2D eigenvalue weighted by Gasteiger charge is -2.32. The van der Waals surface area contributed by atoms with Crippen molar-refractivity contribution < 1.29 is 9.53 Å². The van der Waals surface area contributed by atoms with Crippen LogP contribution in [0.1, 0.15) is 19.3 Å². The molecule has 1 N–H and O–H groups in total. The number of rotatable bonds is 8. The van der Waals surface area contributed by atoms with Crippen molar-refractivity contribution in [3.63, 3.8) is 0 Å². The van der Waals surface area contributed by atoms with Crippen molar-refractivity contribution in [2.45, 2.75) is 25.8 Å². The molecule has 2 aromatic heterocycles. The molecule has 4 rings (SSSR count). The van der Waals surface area contributed by atoms with Crippen LogP contribution in [0, 0.1) is 5.92 Å². The van der Waals surface area contributed by atoms with Crippen LogP contribution in [-0.4, -0.2) is 52.4 Å². The first-order chi connectivity index (χ1) is 16.1. The summed E-state index contributed by atoms with van der Waals surface area (Å²) >= 11 is 0. The zero-order chi connectivity index (χ0) is 23.0. The highest BCUT2D eigenvalue weighted by molar-refractivity contribution is 5.79. The van der Waals surface area contributed by atoms with Crippen LogP contribution in [0.15, 0.2) is 59.8 Å². The quantitative estimate of drug-likeness (QED) is 0.527. The minimum Gasteiger partial charge on any atom is -0.497 e. The summed E-state index contributed by atoms with van der Waals surface area (Å²) in [6.07, 6.45) is 5.38. The van der Waals surface area contributed by atoms with E-state index in [1.807, 2.05) is 30.3 Å². The zero-order valence-corrected chi connectivity index (χ0v) is 18.7. The summed E-state index contributed by atoms with van der Waals surface area (Å²) in [5.74, 6) is 1.74. The van der Waals surface area contributed by atoms with E-state index < -0.39 is 0 Å². The summed E-state index contributed by atoms with van der Waals surface area (Å²) in [4.78, 5) is 35.3. The van der Waals surface area contributed by atoms with Gasteiger partial charge in [0.2, 0.25) is 5.91 Å². The second-order valence-electron chi connectivity index (χ2n) is 7.98. The normalized spacial score (nSPS) is 14.2. The number of ether oxygens (including phenoxy) is 1. The number of piperidine rings is 1. The van der Waals surface area contributed by atoms with Gasteiger partial charge in [0.05, 0.1) is 12.8 Å². The van der Waals surface area contributed by atoms with E-state index in [4.69, 9.17) is 4.74 Å². The number of aromatic nitrogens is 4. The third-order valence-electron chi connectivity index (χ3n) is 5.86. The number of carbonyl (C=O) groups excluding carboxylic acids is 1. The van der Waals surface area contributed by atoms with E-state index in [2.05, 4.69) is 25.3 Å². The molecule has 33 heavy (non-hydrogen) atoms. The molecule has 0 aliphatic carbocycles. The minimum atomic E-state index is -0.129. The third-order valence-corrected chi connectivity index (χ3v) is 5.86. The fraction of sp³-hybridized carbons (Fsp3) is 0.375. The Morgan fingerprint density at radius 3 is 2.67 bits per heavy atom. The van der Waals surface area contributed by atoms with Gasteiger partial charge in [0.1, 0.15) is 17.9 Å². The highest BCUT2D eigenvalue weighted by Crippen LogP contribution is 2.26. The smallest absolute Gasteiger partial charge is 0.266 e. The minimum absolute atomic E-state index is 0.0123. The van der Waals surface area contributed by atoms with Crippen molar-refractivity contribution in [3.8, 4) is 17.0 Å². The standard InChI is InChI=1S/C24H28N6O3/c1-33-20-7-5-18(6-8-20)21-16-22(27-17-26-21)29-14-9-19(10-15-29)24(32)25-11-3-13-30-23(31)4-2-12-28-30/h2,4-8,12,16-17,19H,3,9-11,13-15H2,1H3,(H,25,32). The van der Waals surface area contributed by atoms with Gasteiger partial charge in [-0.1, -0.05) is 0 Å². The summed E-state index contributed by atoms with van der Waals surface area (Å²) in [5.41, 5.74) is 1.73. The Morgan fingerprint density at radius 1 is 1.15 bits per heavy atom. The van der Waals surface area contributed by atoms with Crippen molar-refractivity contribution >= 4 is 11.7 Å². The van der Waals surface area contributed by atoms with Crippen molar-refractivity contribution in [2.24, 2.45) is 5.92 Å². The monoisotopic (exact) mass is 448 g/mol. The molecule has 1 amide bonds. The van der Waals surface area contributed by atoms with Gasteiger partial charge in [-0.05, 0) is 49.6 Å². The van der Waals surface area contributed by atoms with E-state index >= 15 is 0 Å². The summed E-state index contributed by atoms with van der Waals surface area (Å²) in [6, 6.07) is 12.9. The Kier molecular flexibility index (Phi) is 7.29. The molecule has 0 radical (unpaired) electrons. The van der Waals surface area contributed by atoms with Crippen molar-refractivity contribution in [1.82, 2.24) is 25.1 Å². The van der Waals surface area contributed by atoms with E-state index in [1.165, 1.54) is 10.7 Å². The van der Waals surface area contributed by atoms with Crippen LogP contribution in [0.2, 0.25) is 0 Å². The predicted molar refractivity (Wildman–Crippen MR) is 125 cm³/mol. The van der Waals surface area contributed by atoms with E-state index in [1.54, 1.807) is 25.7 Å². The molecule has 172 valence electrons. The Morgan fingerprint density at radius 2 is 1.94 bits per heavy atom. The number of nitrogens with one attached hydrogen (secondary N) is 1. The molecule has 3 heterocycles. The first-order valence-corrected chi connectivity index (χ1v) is 11.2.